The third kappa shape index (κ3) is 3.14. The zero-order valence-corrected chi connectivity index (χ0v) is 17.1. The summed E-state index contributed by atoms with van der Waals surface area (Å²) in [6.45, 7) is 5.51. The molecule has 8 nitrogen and oxygen atoms in total. The van der Waals surface area contributed by atoms with E-state index in [-0.39, 0.29) is 17.7 Å². The molecule has 0 fully saturated rings. The molecule has 0 aliphatic heterocycles. The first kappa shape index (κ1) is 19.7. The summed E-state index contributed by atoms with van der Waals surface area (Å²) in [5.41, 5.74) is 1.44. The van der Waals surface area contributed by atoms with Crippen LogP contribution in [0.5, 0.6) is 11.8 Å². The molecule has 10 heteroatoms. The molecule has 0 N–H and O–H groups in total. The lowest BCUT2D eigenvalue weighted by atomic mass is 10.1. The number of aryl methyl sites for hydroxylation is 2. The molecule has 0 radical (unpaired) electrons. The molecule has 3 aromatic heterocycles. The largest absolute Gasteiger partial charge is 0.419 e. The number of benzene rings is 1. The zero-order chi connectivity index (χ0) is 21.7. The fourth-order valence-electron chi connectivity index (χ4n) is 3.31. The van der Waals surface area contributed by atoms with Gasteiger partial charge in [-0.1, -0.05) is 0 Å². The summed E-state index contributed by atoms with van der Waals surface area (Å²) in [5, 5.41) is 8.65. The van der Waals surface area contributed by atoms with Crippen LogP contribution in [0.1, 0.15) is 25.6 Å². The van der Waals surface area contributed by atoms with Crippen molar-refractivity contribution in [3.05, 3.63) is 52.2 Å². The number of aromatic nitrogens is 6. The number of hydrogen-bond donors (Lipinski definition) is 0. The minimum absolute atomic E-state index is 0.0644. The van der Waals surface area contributed by atoms with Crippen molar-refractivity contribution < 1.29 is 13.5 Å². The summed E-state index contributed by atoms with van der Waals surface area (Å²) < 4.78 is 39.2. The van der Waals surface area contributed by atoms with Gasteiger partial charge in [0.2, 0.25) is 5.75 Å². The molecular formula is C20H20F2N6O2. The van der Waals surface area contributed by atoms with Crippen LogP contribution < -0.4 is 10.3 Å². The van der Waals surface area contributed by atoms with Gasteiger partial charge in [-0.2, -0.15) is 15.2 Å². The van der Waals surface area contributed by atoms with Crippen molar-refractivity contribution in [2.45, 2.75) is 26.8 Å². The molecule has 0 saturated carbocycles. The molecule has 0 aliphatic rings. The van der Waals surface area contributed by atoms with Crippen molar-refractivity contribution in [1.29, 1.82) is 0 Å². The maximum atomic E-state index is 14.8. The Balaban J connectivity index is 1.80. The summed E-state index contributed by atoms with van der Waals surface area (Å²) in [4.78, 5) is 16.9. The minimum Gasteiger partial charge on any atom is -0.419 e. The van der Waals surface area contributed by atoms with Gasteiger partial charge < -0.3 is 4.74 Å². The van der Waals surface area contributed by atoms with Crippen molar-refractivity contribution in [3.8, 4) is 22.9 Å². The summed E-state index contributed by atoms with van der Waals surface area (Å²) in [6.07, 6.45) is 3.09. The van der Waals surface area contributed by atoms with E-state index >= 15 is 0 Å². The Morgan fingerprint density at radius 3 is 2.37 bits per heavy atom. The van der Waals surface area contributed by atoms with Crippen LogP contribution >= 0.6 is 0 Å². The second-order valence-electron chi connectivity index (χ2n) is 7.35. The molecule has 156 valence electrons. The second-order valence-corrected chi connectivity index (χ2v) is 7.35. The van der Waals surface area contributed by atoms with Crippen molar-refractivity contribution in [1.82, 2.24) is 29.1 Å². The van der Waals surface area contributed by atoms with Crippen LogP contribution in [0, 0.1) is 18.6 Å². The fraction of sp³-hybridized carbons (Fsp3) is 0.300. The van der Waals surface area contributed by atoms with Crippen LogP contribution in [0.15, 0.2) is 29.3 Å². The molecule has 30 heavy (non-hydrogen) atoms. The van der Waals surface area contributed by atoms with Crippen LogP contribution in [-0.4, -0.2) is 29.1 Å². The fourth-order valence-corrected chi connectivity index (χ4v) is 3.31. The highest BCUT2D eigenvalue weighted by atomic mass is 19.1. The van der Waals surface area contributed by atoms with Gasteiger partial charge in [0, 0.05) is 31.9 Å². The van der Waals surface area contributed by atoms with E-state index in [9.17, 15) is 13.6 Å². The van der Waals surface area contributed by atoms with E-state index in [1.54, 1.807) is 29.5 Å². The number of nitrogens with zero attached hydrogens (tertiary/aromatic N) is 6. The van der Waals surface area contributed by atoms with E-state index in [0.29, 0.717) is 22.2 Å². The van der Waals surface area contributed by atoms with Crippen LogP contribution in [0.3, 0.4) is 0 Å². The van der Waals surface area contributed by atoms with E-state index < -0.39 is 22.9 Å². The third-order valence-electron chi connectivity index (χ3n) is 4.80. The third-order valence-corrected chi connectivity index (χ3v) is 4.80. The van der Waals surface area contributed by atoms with Gasteiger partial charge in [0.15, 0.2) is 17.3 Å². The van der Waals surface area contributed by atoms with Gasteiger partial charge in [0.1, 0.15) is 5.39 Å². The standard InChI is InChI=1S/C20H20F2N6O2/c1-10(2)28-18-13(8-23-28)19(29)27(5)20(24-18)30-17-15(21)6-12(7-16(17)22)14-9-26(4)25-11(14)3/h6-10H,1-5H3. The predicted molar refractivity (Wildman–Crippen MR) is 107 cm³/mol. The molecule has 0 unspecified atom stereocenters. The lowest BCUT2D eigenvalue weighted by Gasteiger charge is -2.13. The number of rotatable bonds is 4. The molecule has 3 heterocycles. The molecule has 0 amide bonds. The smallest absolute Gasteiger partial charge is 0.306 e. The molecule has 4 rings (SSSR count). The van der Waals surface area contributed by atoms with Crippen LogP contribution in [0.4, 0.5) is 8.78 Å². The Labute approximate surface area is 170 Å². The molecular weight excluding hydrogens is 394 g/mol. The SMILES string of the molecule is Cc1nn(C)cc1-c1cc(F)c(Oc2nc3c(cnn3C(C)C)c(=O)n2C)c(F)c1. The van der Waals surface area contributed by atoms with Gasteiger partial charge in [0.05, 0.1) is 11.9 Å². The average Bonchev–Trinajstić information content (AvgIpc) is 3.24. The maximum Gasteiger partial charge on any atom is 0.306 e. The van der Waals surface area contributed by atoms with E-state index in [1.165, 1.54) is 13.2 Å². The summed E-state index contributed by atoms with van der Waals surface area (Å²) in [7, 11) is 3.14. The Hall–Kier alpha value is -3.56. The molecule has 0 saturated heterocycles. The van der Waals surface area contributed by atoms with Crippen LogP contribution in [0.2, 0.25) is 0 Å². The first-order chi connectivity index (χ1) is 14.2. The molecule has 0 atom stereocenters. The summed E-state index contributed by atoms with van der Waals surface area (Å²) in [6, 6.07) is 2.03. The predicted octanol–water partition coefficient (Wildman–Crippen LogP) is 3.49. The number of halogens is 2. The van der Waals surface area contributed by atoms with Crippen LogP contribution in [0.25, 0.3) is 22.2 Å². The second kappa shape index (κ2) is 7.05. The molecule has 0 spiro atoms. The molecule has 4 aromatic rings. The molecule has 1 aromatic carbocycles. The van der Waals surface area contributed by atoms with Gasteiger partial charge in [-0.15, -0.1) is 0 Å². The van der Waals surface area contributed by atoms with E-state index in [4.69, 9.17) is 4.74 Å². The van der Waals surface area contributed by atoms with Gasteiger partial charge in [-0.3, -0.25) is 14.0 Å². The number of fused-ring (bicyclic) bond motifs is 1. The van der Waals surface area contributed by atoms with Crippen molar-refractivity contribution in [3.63, 3.8) is 0 Å². The first-order valence-corrected chi connectivity index (χ1v) is 9.29. The number of hydrogen-bond acceptors (Lipinski definition) is 5. The Bertz CT molecular complexity index is 1310. The van der Waals surface area contributed by atoms with Gasteiger partial charge in [0.25, 0.3) is 5.56 Å². The molecule has 0 aliphatic carbocycles. The Kier molecular flexibility index (Phi) is 4.64. The Morgan fingerprint density at radius 1 is 1.13 bits per heavy atom. The number of ether oxygens (including phenoxy) is 1. The monoisotopic (exact) mass is 414 g/mol. The quantitative estimate of drug-likeness (QED) is 0.511. The lowest BCUT2D eigenvalue weighted by Crippen LogP contribution is -2.20. The van der Waals surface area contributed by atoms with Crippen LogP contribution in [-0.2, 0) is 14.1 Å². The minimum atomic E-state index is -0.917. The van der Waals surface area contributed by atoms with Crippen molar-refractivity contribution in [2.75, 3.05) is 0 Å². The van der Waals surface area contributed by atoms with Gasteiger partial charge in [-0.25, -0.2) is 13.5 Å². The average molecular weight is 414 g/mol. The van der Waals surface area contributed by atoms with Gasteiger partial charge >= 0.3 is 6.01 Å². The summed E-state index contributed by atoms with van der Waals surface area (Å²) in [5.74, 6) is -2.47. The van der Waals surface area contributed by atoms with Crippen molar-refractivity contribution >= 4 is 11.0 Å². The van der Waals surface area contributed by atoms with Gasteiger partial charge in [-0.05, 0) is 38.5 Å². The normalized spacial score (nSPS) is 11.6. The van der Waals surface area contributed by atoms with Crippen molar-refractivity contribution in [2.24, 2.45) is 14.1 Å². The Morgan fingerprint density at radius 2 is 1.80 bits per heavy atom. The highest BCUT2D eigenvalue weighted by Crippen LogP contribution is 2.32. The topological polar surface area (TPSA) is 79.8 Å². The van der Waals surface area contributed by atoms with E-state index in [1.807, 2.05) is 13.8 Å². The highest BCUT2D eigenvalue weighted by Gasteiger charge is 2.21. The molecule has 0 bridgehead atoms. The lowest BCUT2D eigenvalue weighted by molar-refractivity contribution is 0.365. The highest BCUT2D eigenvalue weighted by molar-refractivity contribution is 5.74. The zero-order valence-electron chi connectivity index (χ0n) is 17.1. The summed E-state index contributed by atoms with van der Waals surface area (Å²) >= 11 is 0. The first-order valence-electron chi connectivity index (χ1n) is 9.29. The maximum absolute atomic E-state index is 14.8. The van der Waals surface area contributed by atoms with E-state index in [2.05, 4.69) is 15.2 Å². The van der Waals surface area contributed by atoms with E-state index in [0.717, 1.165) is 16.7 Å².